The average molecular weight is 227 g/mol. The van der Waals surface area contributed by atoms with Gasteiger partial charge in [-0.05, 0) is 30.3 Å². The first kappa shape index (κ1) is 11.0. The van der Waals surface area contributed by atoms with Gasteiger partial charge in [-0.3, -0.25) is 0 Å². The summed E-state index contributed by atoms with van der Waals surface area (Å²) in [6.45, 7) is 0. The van der Waals surface area contributed by atoms with Crippen LogP contribution >= 0.6 is 0 Å². The van der Waals surface area contributed by atoms with Gasteiger partial charge in [0.15, 0.2) is 0 Å². The summed E-state index contributed by atoms with van der Waals surface area (Å²) in [5.74, 6) is -0.329. The van der Waals surface area contributed by atoms with Crippen LogP contribution in [0, 0.1) is 17.1 Å². The summed E-state index contributed by atoms with van der Waals surface area (Å²) in [6.07, 6.45) is 0. The van der Waals surface area contributed by atoms with Crippen LogP contribution in [0.4, 0.5) is 21.5 Å². The summed E-state index contributed by atoms with van der Waals surface area (Å²) in [7, 11) is 0. The van der Waals surface area contributed by atoms with Crippen molar-refractivity contribution in [1.82, 2.24) is 0 Å². The van der Waals surface area contributed by atoms with Crippen molar-refractivity contribution in [2.45, 2.75) is 0 Å². The number of benzene rings is 2. The normalized spacial score (nSPS) is 9.65. The molecular weight excluding hydrogens is 217 g/mol. The Kier molecular flexibility index (Phi) is 2.93. The van der Waals surface area contributed by atoms with Crippen LogP contribution in [-0.2, 0) is 0 Å². The van der Waals surface area contributed by atoms with Gasteiger partial charge in [0, 0.05) is 5.69 Å². The van der Waals surface area contributed by atoms with E-state index in [4.69, 9.17) is 11.0 Å². The highest BCUT2D eigenvalue weighted by atomic mass is 19.1. The van der Waals surface area contributed by atoms with E-state index in [0.717, 1.165) is 0 Å². The molecule has 0 radical (unpaired) electrons. The molecule has 0 saturated carbocycles. The summed E-state index contributed by atoms with van der Waals surface area (Å²) >= 11 is 0. The maximum absolute atomic E-state index is 13.0. The molecule has 0 aliphatic heterocycles. The minimum atomic E-state index is -0.329. The minimum Gasteiger partial charge on any atom is -0.396 e. The topological polar surface area (TPSA) is 61.8 Å². The predicted octanol–water partition coefficient (Wildman–Crippen LogP) is 3.02. The standard InChI is InChI=1S/C13H10FN3/c14-10-4-2-5-11(7-10)17-12-6-1-3-9(8-15)13(12)16/h1-7,17H,16H2. The van der Waals surface area contributed by atoms with Gasteiger partial charge in [0.2, 0.25) is 0 Å². The SMILES string of the molecule is N#Cc1cccc(Nc2cccc(F)c2)c1N. The Balaban J connectivity index is 2.34. The fourth-order valence-corrected chi connectivity index (χ4v) is 1.49. The Labute approximate surface area is 98.3 Å². The highest BCUT2D eigenvalue weighted by Crippen LogP contribution is 2.25. The first-order chi connectivity index (χ1) is 8.20. The van der Waals surface area contributed by atoms with E-state index in [2.05, 4.69) is 5.32 Å². The van der Waals surface area contributed by atoms with E-state index in [0.29, 0.717) is 22.6 Å². The number of nitriles is 1. The van der Waals surface area contributed by atoms with Crippen molar-refractivity contribution in [2.24, 2.45) is 0 Å². The zero-order chi connectivity index (χ0) is 12.3. The second-order valence-electron chi connectivity index (χ2n) is 3.51. The van der Waals surface area contributed by atoms with Gasteiger partial charge in [-0.15, -0.1) is 0 Å². The summed E-state index contributed by atoms with van der Waals surface area (Å²) in [4.78, 5) is 0. The third kappa shape index (κ3) is 2.34. The van der Waals surface area contributed by atoms with E-state index in [1.165, 1.54) is 12.1 Å². The molecular formula is C13H10FN3. The maximum atomic E-state index is 13.0. The number of nitrogens with two attached hydrogens (primary N) is 1. The van der Waals surface area contributed by atoms with Gasteiger partial charge in [-0.2, -0.15) is 5.26 Å². The molecule has 0 aliphatic carbocycles. The lowest BCUT2D eigenvalue weighted by atomic mass is 10.1. The lowest BCUT2D eigenvalue weighted by molar-refractivity contribution is 0.628. The second kappa shape index (κ2) is 4.54. The Hall–Kier alpha value is -2.54. The van der Waals surface area contributed by atoms with Crippen LogP contribution in [-0.4, -0.2) is 0 Å². The van der Waals surface area contributed by atoms with E-state index in [-0.39, 0.29) is 5.82 Å². The summed E-state index contributed by atoms with van der Waals surface area (Å²) in [5.41, 5.74) is 7.74. The zero-order valence-corrected chi connectivity index (χ0v) is 8.94. The van der Waals surface area contributed by atoms with Crippen LogP contribution in [0.25, 0.3) is 0 Å². The second-order valence-corrected chi connectivity index (χ2v) is 3.51. The predicted molar refractivity (Wildman–Crippen MR) is 65.3 cm³/mol. The molecule has 0 unspecified atom stereocenters. The van der Waals surface area contributed by atoms with Crippen molar-refractivity contribution < 1.29 is 4.39 Å². The molecule has 84 valence electrons. The third-order valence-electron chi connectivity index (χ3n) is 2.33. The molecule has 0 fully saturated rings. The van der Waals surface area contributed by atoms with Crippen molar-refractivity contribution >= 4 is 17.1 Å². The lowest BCUT2D eigenvalue weighted by Gasteiger charge is -2.10. The Morgan fingerprint density at radius 1 is 1.18 bits per heavy atom. The monoisotopic (exact) mass is 227 g/mol. The van der Waals surface area contributed by atoms with E-state index in [9.17, 15) is 4.39 Å². The number of hydrogen-bond acceptors (Lipinski definition) is 3. The van der Waals surface area contributed by atoms with Crippen molar-refractivity contribution in [2.75, 3.05) is 11.1 Å². The van der Waals surface area contributed by atoms with Crippen LogP contribution in [0.15, 0.2) is 42.5 Å². The van der Waals surface area contributed by atoms with Gasteiger partial charge in [-0.1, -0.05) is 12.1 Å². The van der Waals surface area contributed by atoms with Gasteiger partial charge < -0.3 is 11.1 Å². The number of anilines is 3. The summed E-state index contributed by atoms with van der Waals surface area (Å²) < 4.78 is 13.0. The van der Waals surface area contributed by atoms with Gasteiger partial charge in [0.1, 0.15) is 11.9 Å². The van der Waals surface area contributed by atoms with Crippen LogP contribution in [0.1, 0.15) is 5.56 Å². The first-order valence-corrected chi connectivity index (χ1v) is 5.02. The molecule has 3 nitrogen and oxygen atoms in total. The van der Waals surface area contributed by atoms with Crippen LogP contribution in [0.3, 0.4) is 0 Å². The number of halogens is 1. The van der Waals surface area contributed by atoms with E-state index >= 15 is 0 Å². The molecule has 0 saturated heterocycles. The Bertz CT molecular complexity index is 587. The molecule has 0 atom stereocenters. The molecule has 0 aliphatic rings. The summed E-state index contributed by atoms with van der Waals surface area (Å²) in [5, 5.41) is 11.8. The van der Waals surface area contributed by atoms with Crippen molar-refractivity contribution in [3.05, 3.63) is 53.8 Å². The number of nitrogen functional groups attached to an aromatic ring is 1. The van der Waals surface area contributed by atoms with Crippen molar-refractivity contribution in [3.63, 3.8) is 0 Å². The van der Waals surface area contributed by atoms with Crippen molar-refractivity contribution in [3.8, 4) is 6.07 Å². The number of hydrogen-bond donors (Lipinski definition) is 2. The third-order valence-corrected chi connectivity index (χ3v) is 2.33. The molecule has 3 N–H and O–H groups in total. The molecule has 4 heteroatoms. The first-order valence-electron chi connectivity index (χ1n) is 5.02. The van der Waals surface area contributed by atoms with Crippen LogP contribution in [0.5, 0.6) is 0 Å². The smallest absolute Gasteiger partial charge is 0.125 e. The van der Waals surface area contributed by atoms with E-state index < -0.39 is 0 Å². The largest absolute Gasteiger partial charge is 0.396 e. The highest BCUT2D eigenvalue weighted by Gasteiger charge is 2.04. The zero-order valence-electron chi connectivity index (χ0n) is 8.94. The molecule has 0 amide bonds. The van der Waals surface area contributed by atoms with E-state index in [1.54, 1.807) is 30.3 Å². The number of nitrogens with one attached hydrogen (secondary N) is 1. The molecule has 2 aromatic rings. The lowest BCUT2D eigenvalue weighted by Crippen LogP contribution is -1.98. The van der Waals surface area contributed by atoms with Gasteiger partial charge in [0.05, 0.1) is 16.9 Å². The molecule has 0 aromatic heterocycles. The molecule has 2 aromatic carbocycles. The molecule has 17 heavy (non-hydrogen) atoms. The van der Waals surface area contributed by atoms with Gasteiger partial charge in [-0.25, -0.2) is 4.39 Å². The van der Waals surface area contributed by atoms with Crippen LogP contribution in [0.2, 0.25) is 0 Å². The van der Waals surface area contributed by atoms with E-state index in [1.807, 2.05) is 6.07 Å². The van der Waals surface area contributed by atoms with Gasteiger partial charge in [0.25, 0.3) is 0 Å². The van der Waals surface area contributed by atoms with Crippen LogP contribution < -0.4 is 11.1 Å². The average Bonchev–Trinajstić information content (AvgIpc) is 2.32. The molecule has 0 heterocycles. The number of rotatable bonds is 2. The minimum absolute atomic E-state index is 0.329. The Morgan fingerprint density at radius 3 is 2.65 bits per heavy atom. The van der Waals surface area contributed by atoms with Gasteiger partial charge >= 0.3 is 0 Å². The number of nitrogens with zero attached hydrogens (tertiary/aromatic N) is 1. The fraction of sp³-hybridized carbons (Fsp3) is 0. The number of para-hydroxylation sites is 1. The maximum Gasteiger partial charge on any atom is 0.125 e. The summed E-state index contributed by atoms with van der Waals surface area (Å²) in [6, 6.07) is 13.1. The Morgan fingerprint density at radius 2 is 1.94 bits per heavy atom. The molecule has 0 spiro atoms. The quantitative estimate of drug-likeness (QED) is 0.775. The van der Waals surface area contributed by atoms with Crippen molar-refractivity contribution in [1.29, 1.82) is 5.26 Å². The molecule has 2 rings (SSSR count). The fourth-order valence-electron chi connectivity index (χ4n) is 1.49. The molecule has 0 bridgehead atoms. The highest BCUT2D eigenvalue weighted by molar-refractivity contribution is 5.77.